The van der Waals surface area contributed by atoms with Crippen LogP contribution in [0.4, 0.5) is 5.82 Å². The van der Waals surface area contributed by atoms with E-state index in [2.05, 4.69) is 27.0 Å². The monoisotopic (exact) mass is 287 g/mol. The van der Waals surface area contributed by atoms with Crippen LogP contribution in [0.25, 0.3) is 0 Å². The number of anilines is 1. The highest BCUT2D eigenvalue weighted by atomic mass is 16.2. The number of aromatic nitrogens is 2. The molecule has 0 fully saturated rings. The highest BCUT2D eigenvalue weighted by molar-refractivity contribution is 6.27. The Hall–Kier alpha value is -2.57. The van der Waals surface area contributed by atoms with Gasteiger partial charge in [0.1, 0.15) is 5.82 Å². The van der Waals surface area contributed by atoms with Crippen molar-refractivity contribution in [3.05, 3.63) is 23.9 Å². The number of aliphatic imine (C=N–C) groups is 2. The fourth-order valence-electron chi connectivity index (χ4n) is 1.66. The van der Waals surface area contributed by atoms with Crippen molar-refractivity contribution >= 4 is 29.3 Å². The van der Waals surface area contributed by atoms with Gasteiger partial charge in [0.2, 0.25) is 5.91 Å². The molecule has 1 aromatic heterocycles. The maximum absolute atomic E-state index is 11.8. The SMILES string of the molecule is C=C1C(=O)N=C(n2nc(C)cc2NC(=O)C(C)C)N=C1C. The number of carbonyl (C=O) groups excluding carboxylic acids is 2. The Morgan fingerprint density at radius 3 is 2.57 bits per heavy atom. The smallest absolute Gasteiger partial charge is 0.281 e. The number of hydrogen-bond donors (Lipinski definition) is 1. The minimum absolute atomic E-state index is 0.122. The highest BCUT2D eigenvalue weighted by Gasteiger charge is 2.21. The van der Waals surface area contributed by atoms with Gasteiger partial charge in [0.05, 0.1) is 17.0 Å². The van der Waals surface area contributed by atoms with Gasteiger partial charge in [-0.05, 0) is 13.8 Å². The normalized spacial score (nSPS) is 15.1. The van der Waals surface area contributed by atoms with Crippen LogP contribution in [0.2, 0.25) is 0 Å². The van der Waals surface area contributed by atoms with Gasteiger partial charge >= 0.3 is 0 Å². The second kappa shape index (κ2) is 5.43. The molecule has 0 aliphatic carbocycles. The third kappa shape index (κ3) is 2.96. The molecule has 21 heavy (non-hydrogen) atoms. The Labute approximate surface area is 122 Å². The van der Waals surface area contributed by atoms with Crippen molar-refractivity contribution in [2.75, 3.05) is 5.32 Å². The first-order valence-electron chi connectivity index (χ1n) is 6.55. The zero-order valence-corrected chi connectivity index (χ0v) is 12.5. The maximum atomic E-state index is 11.8. The minimum atomic E-state index is -0.452. The summed E-state index contributed by atoms with van der Waals surface area (Å²) in [6.07, 6.45) is 0. The van der Waals surface area contributed by atoms with Gasteiger partial charge in [0.25, 0.3) is 11.9 Å². The molecular weight excluding hydrogens is 270 g/mol. The Balaban J connectivity index is 2.41. The molecule has 0 saturated carbocycles. The third-order valence-electron chi connectivity index (χ3n) is 2.96. The number of rotatable bonds is 2. The molecule has 0 atom stereocenters. The predicted molar refractivity (Wildman–Crippen MR) is 80.5 cm³/mol. The lowest BCUT2D eigenvalue weighted by Crippen LogP contribution is -2.26. The van der Waals surface area contributed by atoms with Crippen LogP contribution in [-0.4, -0.2) is 33.3 Å². The van der Waals surface area contributed by atoms with E-state index in [-0.39, 0.29) is 23.4 Å². The van der Waals surface area contributed by atoms with Gasteiger partial charge in [-0.3, -0.25) is 9.59 Å². The Morgan fingerprint density at radius 1 is 1.33 bits per heavy atom. The van der Waals surface area contributed by atoms with Crippen LogP contribution in [0, 0.1) is 12.8 Å². The summed E-state index contributed by atoms with van der Waals surface area (Å²) >= 11 is 0. The van der Waals surface area contributed by atoms with Crippen molar-refractivity contribution in [1.82, 2.24) is 9.78 Å². The summed E-state index contributed by atoms with van der Waals surface area (Å²) in [4.78, 5) is 31.6. The topological polar surface area (TPSA) is 88.7 Å². The molecule has 0 unspecified atom stereocenters. The number of nitrogens with one attached hydrogen (secondary N) is 1. The minimum Gasteiger partial charge on any atom is -0.310 e. The quantitative estimate of drug-likeness (QED) is 0.837. The number of carbonyl (C=O) groups is 2. The first-order chi connectivity index (χ1) is 9.79. The van der Waals surface area contributed by atoms with E-state index >= 15 is 0 Å². The van der Waals surface area contributed by atoms with Gasteiger partial charge in [-0.1, -0.05) is 20.4 Å². The predicted octanol–water partition coefficient (Wildman–Crippen LogP) is 1.55. The number of amides is 2. The molecule has 7 heteroatoms. The first-order valence-corrected chi connectivity index (χ1v) is 6.55. The molecule has 0 bridgehead atoms. The molecule has 1 aliphatic heterocycles. The lowest BCUT2D eigenvalue weighted by Gasteiger charge is -2.13. The second-order valence-electron chi connectivity index (χ2n) is 5.12. The molecule has 2 rings (SSSR count). The van der Waals surface area contributed by atoms with Gasteiger partial charge < -0.3 is 5.32 Å². The largest absolute Gasteiger partial charge is 0.310 e. The van der Waals surface area contributed by atoms with Crippen LogP contribution in [0.3, 0.4) is 0 Å². The number of nitrogens with zero attached hydrogens (tertiary/aromatic N) is 4. The van der Waals surface area contributed by atoms with Gasteiger partial charge in [-0.15, -0.1) is 0 Å². The Morgan fingerprint density at radius 2 is 2.00 bits per heavy atom. The Kier molecular flexibility index (Phi) is 3.84. The van der Waals surface area contributed by atoms with Crippen molar-refractivity contribution in [3.63, 3.8) is 0 Å². The van der Waals surface area contributed by atoms with Gasteiger partial charge in [-0.2, -0.15) is 14.8 Å². The van der Waals surface area contributed by atoms with E-state index < -0.39 is 5.91 Å². The summed E-state index contributed by atoms with van der Waals surface area (Å²) < 4.78 is 1.35. The highest BCUT2D eigenvalue weighted by Crippen LogP contribution is 2.15. The van der Waals surface area contributed by atoms with Crippen LogP contribution in [0.15, 0.2) is 28.2 Å². The first kappa shape index (κ1) is 14.8. The van der Waals surface area contributed by atoms with Crippen LogP contribution in [0.5, 0.6) is 0 Å². The average molecular weight is 287 g/mol. The average Bonchev–Trinajstić information content (AvgIpc) is 2.76. The lowest BCUT2D eigenvalue weighted by atomic mass is 10.2. The zero-order chi connectivity index (χ0) is 15.7. The molecule has 2 heterocycles. The van der Waals surface area contributed by atoms with E-state index in [4.69, 9.17) is 0 Å². The molecule has 0 aromatic carbocycles. The molecule has 1 aliphatic rings. The molecular formula is C14H17N5O2. The van der Waals surface area contributed by atoms with E-state index in [1.165, 1.54) is 4.68 Å². The maximum Gasteiger partial charge on any atom is 0.281 e. The summed E-state index contributed by atoms with van der Waals surface area (Å²) in [6.45, 7) is 10.7. The van der Waals surface area contributed by atoms with Crippen LogP contribution >= 0.6 is 0 Å². The number of aryl methyl sites for hydroxylation is 1. The fourth-order valence-corrected chi connectivity index (χ4v) is 1.66. The summed E-state index contributed by atoms with van der Waals surface area (Å²) in [5.41, 5.74) is 1.43. The standard InChI is InChI=1S/C14H17N5O2/c1-7(2)12(20)16-11-6-8(3)18-19(11)14-15-10(5)9(4)13(21)17-14/h6-7H,4H2,1-3,5H3,(H,16,20). The van der Waals surface area contributed by atoms with Gasteiger partial charge in [0.15, 0.2) is 0 Å². The summed E-state index contributed by atoms with van der Waals surface area (Å²) in [5, 5.41) is 6.97. The molecule has 7 nitrogen and oxygen atoms in total. The van der Waals surface area contributed by atoms with Gasteiger partial charge in [0, 0.05) is 12.0 Å². The molecule has 2 amide bonds. The number of hydrogen-bond acceptors (Lipinski definition) is 4. The van der Waals surface area contributed by atoms with Crippen molar-refractivity contribution in [2.24, 2.45) is 15.9 Å². The fraction of sp³-hybridized carbons (Fsp3) is 0.357. The Bertz CT molecular complexity index is 694. The van der Waals surface area contributed by atoms with E-state index in [1.807, 2.05) is 0 Å². The third-order valence-corrected chi connectivity index (χ3v) is 2.96. The molecule has 0 radical (unpaired) electrons. The molecule has 0 saturated heterocycles. The van der Waals surface area contributed by atoms with Gasteiger partial charge in [-0.25, -0.2) is 4.99 Å². The molecule has 1 aromatic rings. The summed E-state index contributed by atoms with van der Waals surface area (Å²) in [6, 6.07) is 1.70. The molecule has 110 valence electrons. The summed E-state index contributed by atoms with van der Waals surface area (Å²) in [5.74, 6) is -0.219. The molecule has 1 N–H and O–H groups in total. The zero-order valence-electron chi connectivity index (χ0n) is 12.5. The van der Waals surface area contributed by atoms with Crippen molar-refractivity contribution in [3.8, 4) is 0 Å². The van der Waals surface area contributed by atoms with Crippen molar-refractivity contribution < 1.29 is 9.59 Å². The summed E-state index contributed by atoms with van der Waals surface area (Å²) in [7, 11) is 0. The molecule has 0 spiro atoms. The van der Waals surface area contributed by atoms with E-state index in [1.54, 1.807) is 33.8 Å². The van der Waals surface area contributed by atoms with Crippen LogP contribution in [-0.2, 0) is 9.59 Å². The second-order valence-corrected chi connectivity index (χ2v) is 5.12. The lowest BCUT2D eigenvalue weighted by molar-refractivity contribution is -0.119. The van der Waals surface area contributed by atoms with E-state index in [9.17, 15) is 9.59 Å². The van der Waals surface area contributed by atoms with E-state index in [0.29, 0.717) is 17.2 Å². The van der Waals surface area contributed by atoms with E-state index in [0.717, 1.165) is 0 Å². The van der Waals surface area contributed by atoms with Crippen molar-refractivity contribution in [2.45, 2.75) is 27.7 Å². The van der Waals surface area contributed by atoms with Crippen LogP contribution < -0.4 is 5.32 Å². The van der Waals surface area contributed by atoms with Crippen LogP contribution in [0.1, 0.15) is 26.5 Å². The van der Waals surface area contributed by atoms with Crippen molar-refractivity contribution in [1.29, 1.82) is 0 Å².